The highest BCUT2D eigenvalue weighted by atomic mass is 35.5. The van der Waals surface area contributed by atoms with Gasteiger partial charge in [-0.25, -0.2) is 0 Å². The predicted molar refractivity (Wildman–Crippen MR) is 87.9 cm³/mol. The van der Waals surface area contributed by atoms with Crippen LogP contribution >= 0.6 is 46.4 Å². The molecule has 21 heavy (non-hydrogen) atoms. The minimum Gasteiger partial charge on any atom is -0.325 e. The van der Waals surface area contributed by atoms with Crippen LogP contribution in [0.1, 0.15) is 22.1 Å². The molecule has 0 spiro atoms. The zero-order chi connectivity index (χ0) is 15.1. The van der Waals surface area contributed by atoms with E-state index in [9.17, 15) is 4.79 Å². The number of fused-ring (bicyclic) bond motifs is 1. The number of hydrogen-bond donors (Lipinski definition) is 1. The summed E-state index contributed by atoms with van der Waals surface area (Å²) in [5.74, 6) is -0.0508. The summed E-state index contributed by atoms with van der Waals surface area (Å²) in [5.41, 5.74) is 3.00. The first-order valence-corrected chi connectivity index (χ1v) is 7.74. The molecule has 1 unspecified atom stereocenters. The van der Waals surface area contributed by atoms with Crippen LogP contribution in [0.5, 0.6) is 0 Å². The van der Waals surface area contributed by atoms with Gasteiger partial charge >= 0.3 is 0 Å². The first-order valence-electron chi connectivity index (χ1n) is 6.17. The average Bonchev–Trinajstić information content (AvgIpc) is 2.79. The Bertz CT molecular complexity index is 745. The summed E-state index contributed by atoms with van der Waals surface area (Å²) in [6.07, 6.45) is 0.326. The first kappa shape index (κ1) is 15.0. The second kappa shape index (κ2) is 5.69. The third kappa shape index (κ3) is 2.86. The van der Waals surface area contributed by atoms with Crippen molar-refractivity contribution in [2.24, 2.45) is 0 Å². The first-order chi connectivity index (χ1) is 9.95. The molecule has 1 amide bonds. The molecule has 2 nitrogen and oxygen atoms in total. The number of carbonyl (C=O) groups is 1. The maximum atomic E-state index is 11.4. The maximum absolute atomic E-state index is 11.4. The van der Waals surface area contributed by atoms with Crippen molar-refractivity contribution in [1.29, 1.82) is 0 Å². The fourth-order valence-corrected chi connectivity index (χ4v) is 3.49. The molecule has 1 heterocycles. The van der Waals surface area contributed by atoms with Crippen molar-refractivity contribution in [1.82, 2.24) is 0 Å². The molecule has 2 aromatic rings. The van der Waals surface area contributed by atoms with Crippen LogP contribution in [-0.4, -0.2) is 5.91 Å². The Labute approximate surface area is 142 Å². The van der Waals surface area contributed by atoms with Crippen LogP contribution in [0.2, 0.25) is 15.1 Å². The Morgan fingerprint density at radius 1 is 1.00 bits per heavy atom. The summed E-state index contributed by atoms with van der Waals surface area (Å²) in [7, 11) is 0. The van der Waals surface area contributed by atoms with E-state index < -0.39 is 5.38 Å². The van der Waals surface area contributed by atoms with Gasteiger partial charge in [0.05, 0.1) is 11.8 Å². The van der Waals surface area contributed by atoms with E-state index in [0.29, 0.717) is 32.6 Å². The molecular weight excluding hydrogens is 352 g/mol. The molecule has 0 fully saturated rings. The van der Waals surface area contributed by atoms with Crippen molar-refractivity contribution in [2.45, 2.75) is 11.8 Å². The summed E-state index contributed by atoms with van der Waals surface area (Å²) in [4.78, 5) is 11.4. The van der Waals surface area contributed by atoms with Gasteiger partial charge in [-0.3, -0.25) is 4.79 Å². The van der Waals surface area contributed by atoms with Crippen molar-refractivity contribution in [2.75, 3.05) is 5.32 Å². The van der Waals surface area contributed by atoms with Crippen molar-refractivity contribution in [3.05, 3.63) is 62.1 Å². The molecule has 1 aliphatic rings. The third-order valence-corrected chi connectivity index (χ3v) is 4.73. The summed E-state index contributed by atoms with van der Waals surface area (Å²) in [5, 5.41) is 3.76. The van der Waals surface area contributed by atoms with Gasteiger partial charge in [-0.1, -0.05) is 34.8 Å². The molecule has 1 atom stereocenters. The summed E-state index contributed by atoms with van der Waals surface area (Å²) >= 11 is 25.0. The monoisotopic (exact) mass is 359 g/mol. The minimum atomic E-state index is -0.537. The largest absolute Gasteiger partial charge is 0.325 e. The zero-order valence-electron chi connectivity index (χ0n) is 10.6. The van der Waals surface area contributed by atoms with Crippen LogP contribution < -0.4 is 5.32 Å². The standard InChI is InChI=1S/C15H9Cl4NO/c16-8-1-2-11(17)10(5-8)15(19)9-3-7-4-14(21)20-13(7)6-12(9)18/h1-3,5-6,15H,4H2,(H,20,21). The molecule has 0 saturated carbocycles. The molecule has 0 aliphatic carbocycles. The SMILES string of the molecule is O=C1Cc2cc(C(Cl)c3cc(Cl)ccc3Cl)c(Cl)cc2N1. The average molecular weight is 361 g/mol. The Balaban J connectivity index is 2.06. The van der Waals surface area contributed by atoms with Gasteiger partial charge in [-0.2, -0.15) is 0 Å². The molecule has 0 saturated heterocycles. The van der Waals surface area contributed by atoms with E-state index in [-0.39, 0.29) is 5.91 Å². The summed E-state index contributed by atoms with van der Waals surface area (Å²) in [6, 6.07) is 8.66. The van der Waals surface area contributed by atoms with Gasteiger partial charge in [0, 0.05) is 20.8 Å². The van der Waals surface area contributed by atoms with Crippen molar-refractivity contribution in [3.8, 4) is 0 Å². The van der Waals surface area contributed by atoms with E-state index in [1.54, 1.807) is 24.3 Å². The van der Waals surface area contributed by atoms with Gasteiger partial charge in [0.25, 0.3) is 0 Å². The number of rotatable bonds is 2. The number of benzene rings is 2. The minimum absolute atomic E-state index is 0.0508. The Morgan fingerprint density at radius 2 is 1.71 bits per heavy atom. The van der Waals surface area contributed by atoms with E-state index in [2.05, 4.69) is 5.32 Å². The van der Waals surface area contributed by atoms with Crippen LogP contribution in [0.15, 0.2) is 30.3 Å². The number of anilines is 1. The summed E-state index contributed by atoms with van der Waals surface area (Å²) in [6.45, 7) is 0. The second-order valence-corrected chi connectivity index (χ2v) is 6.47. The lowest BCUT2D eigenvalue weighted by Crippen LogP contribution is -2.03. The lowest BCUT2D eigenvalue weighted by atomic mass is 10.0. The highest BCUT2D eigenvalue weighted by molar-refractivity contribution is 6.36. The molecule has 6 heteroatoms. The van der Waals surface area contributed by atoms with Gasteiger partial charge in [0.2, 0.25) is 5.91 Å². The number of amides is 1. The van der Waals surface area contributed by atoms with Gasteiger partial charge in [0.15, 0.2) is 0 Å². The van der Waals surface area contributed by atoms with Crippen LogP contribution in [0.25, 0.3) is 0 Å². The van der Waals surface area contributed by atoms with Gasteiger partial charge < -0.3 is 5.32 Å². The van der Waals surface area contributed by atoms with E-state index >= 15 is 0 Å². The Hall–Kier alpha value is -0.930. The number of nitrogens with one attached hydrogen (secondary N) is 1. The van der Waals surface area contributed by atoms with Crippen molar-refractivity contribution >= 4 is 58.0 Å². The quantitative estimate of drug-likeness (QED) is 0.707. The number of carbonyl (C=O) groups excluding carboxylic acids is 1. The third-order valence-electron chi connectivity index (χ3n) is 3.35. The van der Waals surface area contributed by atoms with E-state index in [0.717, 1.165) is 11.3 Å². The fraction of sp³-hybridized carbons (Fsp3) is 0.133. The lowest BCUT2D eigenvalue weighted by molar-refractivity contribution is -0.115. The number of halogens is 4. The molecule has 0 bridgehead atoms. The van der Waals surface area contributed by atoms with Gasteiger partial charge in [-0.05, 0) is 47.0 Å². The lowest BCUT2D eigenvalue weighted by Gasteiger charge is -2.15. The fourth-order valence-electron chi connectivity index (χ4n) is 2.34. The topological polar surface area (TPSA) is 29.1 Å². The van der Waals surface area contributed by atoms with Crippen LogP contribution in [0.3, 0.4) is 0 Å². The summed E-state index contributed by atoms with van der Waals surface area (Å²) < 4.78 is 0. The molecule has 1 aliphatic heterocycles. The van der Waals surface area contributed by atoms with Crippen LogP contribution in [0, 0.1) is 0 Å². The highest BCUT2D eigenvalue weighted by Gasteiger charge is 2.24. The molecule has 1 N–H and O–H groups in total. The maximum Gasteiger partial charge on any atom is 0.228 e. The molecule has 108 valence electrons. The molecule has 2 aromatic carbocycles. The zero-order valence-corrected chi connectivity index (χ0v) is 13.6. The molecule has 0 radical (unpaired) electrons. The van der Waals surface area contributed by atoms with Crippen LogP contribution in [-0.2, 0) is 11.2 Å². The number of hydrogen-bond acceptors (Lipinski definition) is 1. The highest BCUT2D eigenvalue weighted by Crippen LogP contribution is 2.41. The molecule has 0 aromatic heterocycles. The van der Waals surface area contributed by atoms with Crippen LogP contribution in [0.4, 0.5) is 5.69 Å². The Morgan fingerprint density at radius 3 is 2.48 bits per heavy atom. The predicted octanol–water partition coefficient (Wildman–Crippen LogP) is 5.47. The smallest absolute Gasteiger partial charge is 0.228 e. The van der Waals surface area contributed by atoms with E-state index in [1.165, 1.54) is 0 Å². The van der Waals surface area contributed by atoms with E-state index in [4.69, 9.17) is 46.4 Å². The second-order valence-electron chi connectivity index (χ2n) is 4.78. The van der Waals surface area contributed by atoms with E-state index in [1.807, 2.05) is 6.07 Å². The van der Waals surface area contributed by atoms with Crippen molar-refractivity contribution in [3.63, 3.8) is 0 Å². The Kier molecular flexibility index (Phi) is 4.06. The number of alkyl halides is 1. The van der Waals surface area contributed by atoms with Crippen molar-refractivity contribution < 1.29 is 4.79 Å². The normalized spacial score (nSPS) is 14.8. The molecule has 3 rings (SSSR count). The van der Waals surface area contributed by atoms with Gasteiger partial charge in [-0.15, -0.1) is 11.6 Å². The van der Waals surface area contributed by atoms with Gasteiger partial charge in [0.1, 0.15) is 0 Å². The molecular formula is C15H9Cl4NO.